The summed E-state index contributed by atoms with van der Waals surface area (Å²) in [7, 11) is -3.76. The monoisotopic (exact) mass is 385 g/mol. The molecule has 0 aliphatic carbocycles. The predicted molar refractivity (Wildman–Crippen MR) is 104 cm³/mol. The number of aromatic nitrogens is 1. The van der Waals surface area contributed by atoms with E-state index >= 15 is 0 Å². The molecule has 27 heavy (non-hydrogen) atoms. The van der Waals surface area contributed by atoms with Crippen LogP contribution in [0.2, 0.25) is 0 Å². The first-order valence-electron chi connectivity index (χ1n) is 8.33. The van der Waals surface area contributed by atoms with Crippen molar-refractivity contribution < 1.29 is 13.2 Å². The van der Waals surface area contributed by atoms with Crippen LogP contribution >= 0.6 is 0 Å². The van der Waals surface area contributed by atoms with E-state index in [9.17, 15) is 18.0 Å². The minimum atomic E-state index is -3.76. The molecule has 0 saturated heterocycles. The number of hydrogen-bond donors (Lipinski definition) is 3. The normalized spacial score (nSPS) is 11.4. The highest BCUT2D eigenvalue weighted by Crippen LogP contribution is 2.16. The highest BCUT2D eigenvalue weighted by molar-refractivity contribution is 7.89. The first-order valence-corrected chi connectivity index (χ1v) is 9.81. The number of H-pyrrole nitrogens is 1. The standard InChI is InChI=1S/C19H19N3O4S/c1-13-3-2-4-15(11-13)21-19(24)9-10-20-27(25,26)16-6-7-17-14(12-16)5-8-18(23)22-17/h2-8,11-12,20H,9-10H2,1H3,(H,21,24)(H,22,23). The van der Waals surface area contributed by atoms with Crippen molar-refractivity contribution in [1.29, 1.82) is 0 Å². The van der Waals surface area contributed by atoms with Crippen LogP contribution in [0.3, 0.4) is 0 Å². The van der Waals surface area contributed by atoms with Crippen LogP contribution in [0.25, 0.3) is 10.9 Å². The van der Waals surface area contributed by atoms with E-state index in [1.165, 1.54) is 24.3 Å². The van der Waals surface area contributed by atoms with E-state index < -0.39 is 10.0 Å². The van der Waals surface area contributed by atoms with Gasteiger partial charge < -0.3 is 10.3 Å². The summed E-state index contributed by atoms with van der Waals surface area (Å²) in [6.45, 7) is 1.90. The lowest BCUT2D eigenvalue weighted by atomic mass is 10.2. The Bertz CT molecular complexity index is 1150. The SMILES string of the molecule is Cc1cccc(NC(=O)CCNS(=O)(=O)c2ccc3[nH]c(=O)ccc3c2)c1. The van der Waals surface area contributed by atoms with E-state index in [1.54, 1.807) is 12.1 Å². The van der Waals surface area contributed by atoms with Crippen LogP contribution in [0.4, 0.5) is 5.69 Å². The van der Waals surface area contributed by atoms with Gasteiger partial charge in [-0.05, 0) is 54.3 Å². The summed E-state index contributed by atoms with van der Waals surface area (Å²) in [6, 6.07) is 14.7. The quantitative estimate of drug-likeness (QED) is 0.604. The van der Waals surface area contributed by atoms with E-state index in [2.05, 4.69) is 15.0 Å². The molecule has 3 aromatic rings. The van der Waals surface area contributed by atoms with Gasteiger partial charge in [-0.25, -0.2) is 13.1 Å². The summed E-state index contributed by atoms with van der Waals surface area (Å²) >= 11 is 0. The number of carbonyl (C=O) groups is 1. The van der Waals surface area contributed by atoms with Crippen LogP contribution in [0.5, 0.6) is 0 Å². The van der Waals surface area contributed by atoms with Gasteiger partial charge >= 0.3 is 0 Å². The molecular weight excluding hydrogens is 366 g/mol. The molecule has 0 unspecified atom stereocenters. The number of sulfonamides is 1. The molecular formula is C19H19N3O4S. The Balaban J connectivity index is 1.62. The maximum atomic E-state index is 12.4. The number of rotatable bonds is 6. The van der Waals surface area contributed by atoms with Crippen molar-refractivity contribution in [3.63, 3.8) is 0 Å². The smallest absolute Gasteiger partial charge is 0.248 e. The Morgan fingerprint density at radius 3 is 2.67 bits per heavy atom. The number of hydrogen-bond acceptors (Lipinski definition) is 4. The Kier molecular flexibility index (Phi) is 5.38. The second-order valence-electron chi connectivity index (χ2n) is 6.14. The minimum Gasteiger partial charge on any atom is -0.326 e. The summed E-state index contributed by atoms with van der Waals surface area (Å²) in [4.78, 5) is 26.0. The third-order valence-corrected chi connectivity index (χ3v) is 5.41. The number of benzene rings is 2. The lowest BCUT2D eigenvalue weighted by Crippen LogP contribution is -2.27. The number of aryl methyl sites for hydroxylation is 1. The molecule has 0 aliphatic heterocycles. The van der Waals surface area contributed by atoms with Crippen LogP contribution in [-0.2, 0) is 14.8 Å². The number of fused-ring (bicyclic) bond motifs is 1. The Hall–Kier alpha value is -2.97. The zero-order valence-electron chi connectivity index (χ0n) is 14.7. The Morgan fingerprint density at radius 1 is 1.07 bits per heavy atom. The van der Waals surface area contributed by atoms with E-state index in [1.807, 2.05) is 25.1 Å². The third-order valence-electron chi connectivity index (χ3n) is 3.95. The average molecular weight is 385 g/mol. The first kappa shape index (κ1) is 18.8. The highest BCUT2D eigenvalue weighted by atomic mass is 32.2. The van der Waals surface area contributed by atoms with Crippen molar-refractivity contribution >= 4 is 32.5 Å². The fourth-order valence-electron chi connectivity index (χ4n) is 2.63. The van der Waals surface area contributed by atoms with Gasteiger partial charge in [-0.3, -0.25) is 9.59 Å². The number of anilines is 1. The molecule has 0 radical (unpaired) electrons. The molecule has 140 valence electrons. The van der Waals surface area contributed by atoms with E-state index in [-0.39, 0.29) is 29.3 Å². The molecule has 2 aromatic carbocycles. The fourth-order valence-corrected chi connectivity index (χ4v) is 3.69. The van der Waals surface area contributed by atoms with E-state index in [0.717, 1.165) is 5.56 Å². The molecule has 1 aromatic heterocycles. The molecule has 0 spiro atoms. The van der Waals surface area contributed by atoms with Crippen molar-refractivity contribution in [3.8, 4) is 0 Å². The summed E-state index contributed by atoms with van der Waals surface area (Å²) in [5.74, 6) is -0.278. The second-order valence-corrected chi connectivity index (χ2v) is 7.90. The zero-order chi connectivity index (χ0) is 19.4. The summed E-state index contributed by atoms with van der Waals surface area (Å²) in [6.07, 6.45) is 0.00801. The molecule has 8 heteroatoms. The molecule has 1 heterocycles. The number of pyridine rings is 1. The fraction of sp³-hybridized carbons (Fsp3) is 0.158. The van der Waals surface area contributed by atoms with Gasteiger partial charge in [-0.1, -0.05) is 12.1 Å². The summed E-state index contributed by atoms with van der Waals surface area (Å²) in [5.41, 5.74) is 1.99. The molecule has 3 rings (SSSR count). The largest absolute Gasteiger partial charge is 0.326 e. The summed E-state index contributed by atoms with van der Waals surface area (Å²) in [5, 5.41) is 3.34. The predicted octanol–water partition coefficient (Wildman–Crippen LogP) is 2.14. The average Bonchev–Trinajstić information content (AvgIpc) is 2.61. The van der Waals surface area contributed by atoms with Crippen molar-refractivity contribution in [2.45, 2.75) is 18.2 Å². The van der Waals surface area contributed by atoms with Gasteiger partial charge in [0.15, 0.2) is 0 Å². The number of amides is 1. The van der Waals surface area contributed by atoms with Crippen LogP contribution in [0.1, 0.15) is 12.0 Å². The molecule has 3 N–H and O–H groups in total. The lowest BCUT2D eigenvalue weighted by molar-refractivity contribution is -0.116. The molecule has 0 fully saturated rings. The maximum absolute atomic E-state index is 12.4. The topological polar surface area (TPSA) is 108 Å². The number of carbonyl (C=O) groups excluding carboxylic acids is 1. The highest BCUT2D eigenvalue weighted by Gasteiger charge is 2.15. The molecule has 0 atom stereocenters. The van der Waals surface area contributed by atoms with Gasteiger partial charge in [-0.2, -0.15) is 0 Å². The lowest BCUT2D eigenvalue weighted by Gasteiger charge is -2.09. The van der Waals surface area contributed by atoms with Gasteiger partial charge in [0.25, 0.3) is 0 Å². The molecule has 0 aliphatic rings. The van der Waals surface area contributed by atoms with Crippen LogP contribution < -0.4 is 15.6 Å². The molecule has 1 amide bonds. The van der Waals surface area contributed by atoms with Crippen molar-refractivity contribution in [2.24, 2.45) is 0 Å². The van der Waals surface area contributed by atoms with Crippen molar-refractivity contribution in [1.82, 2.24) is 9.71 Å². The maximum Gasteiger partial charge on any atom is 0.248 e. The first-order chi connectivity index (χ1) is 12.8. The van der Waals surface area contributed by atoms with Crippen LogP contribution in [0, 0.1) is 6.92 Å². The second kappa shape index (κ2) is 7.73. The Labute approximate surface area is 156 Å². The summed E-state index contributed by atoms with van der Waals surface area (Å²) < 4.78 is 27.2. The van der Waals surface area contributed by atoms with E-state index in [0.29, 0.717) is 16.6 Å². The van der Waals surface area contributed by atoms with E-state index in [4.69, 9.17) is 0 Å². The van der Waals surface area contributed by atoms with Gasteiger partial charge in [0.1, 0.15) is 0 Å². The third kappa shape index (κ3) is 4.81. The molecule has 7 nitrogen and oxygen atoms in total. The van der Waals surface area contributed by atoms with Gasteiger partial charge in [0.05, 0.1) is 4.90 Å². The van der Waals surface area contributed by atoms with Gasteiger partial charge in [-0.15, -0.1) is 0 Å². The molecule has 0 saturated carbocycles. The van der Waals surface area contributed by atoms with Crippen molar-refractivity contribution in [3.05, 3.63) is 70.5 Å². The molecule has 0 bridgehead atoms. The van der Waals surface area contributed by atoms with Crippen molar-refractivity contribution in [2.75, 3.05) is 11.9 Å². The Morgan fingerprint density at radius 2 is 1.89 bits per heavy atom. The number of aromatic amines is 1. The van der Waals surface area contributed by atoms with Gasteiger partial charge in [0, 0.05) is 30.2 Å². The van der Waals surface area contributed by atoms with Gasteiger partial charge in [0.2, 0.25) is 21.5 Å². The minimum absolute atomic E-state index is 0.00801. The number of nitrogens with one attached hydrogen (secondary N) is 3. The van der Waals surface area contributed by atoms with Crippen LogP contribution in [0.15, 0.2) is 64.3 Å². The zero-order valence-corrected chi connectivity index (χ0v) is 15.5. The van der Waals surface area contributed by atoms with Crippen LogP contribution in [-0.4, -0.2) is 25.9 Å².